The fraction of sp³-hybridized carbons (Fsp3) is 0.571. The molecule has 0 aliphatic carbocycles. The van der Waals surface area contributed by atoms with Gasteiger partial charge in [0.15, 0.2) is 0 Å². The second-order valence-electron chi connectivity index (χ2n) is 9.75. The molecule has 2 N–H and O–H groups in total. The molecule has 32 heavy (non-hydrogen) atoms. The Labute approximate surface area is 196 Å². The molecule has 0 unspecified atom stereocenters. The molecule has 176 valence electrons. The summed E-state index contributed by atoms with van der Waals surface area (Å²) in [5.41, 5.74) is 8.36. The van der Waals surface area contributed by atoms with E-state index in [2.05, 4.69) is 84.5 Å². The average molecular weight is 437 g/mol. The Morgan fingerprint density at radius 1 is 0.531 bits per heavy atom. The van der Waals surface area contributed by atoms with Crippen molar-refractivity contribution in [3.05, 3.63) is 69.8 Å². The summed E-state index contributed by atoms with van der Waals surface area (Å²) >= 11 is 0. The van der Waals surface area contributed by atoms with E-state index in [1.807, 2.05) is 0 Å². The predicted molar refractivity (Wildman–Crippen MR) is 137 cm³/mol. The monoisotopic (exact) mass is 436 g/mol. The van der Waals surface area contributed by atoms with Crippen molar-refractivity contribution in [1.82, 2.24) is 20.4 Å². The highest BCUT2D eigenvalue weighted by molar-refractivity contribution is 5.29. The molecule has 2 aromatic rings. The molecule has 0 aromatic heterocycles. The molecule has 0 spiro atoms. The van der Waals surface area contributed by atoms with E-state index in [0.717, 1.165) is 65.4 Å². The van der Waals surface area contributed by atoms with Crippen LogP contribution in [0.25, 0.3) is 0 Å². The van der Waals surface area contributed by atoms with E-state index in [1.165, 1.54) is 46.2 Å². The topological polar surface area (TPSA) is 30.5 Å². The Hall–Kier alpha value is -1.72. The molecule has 2 aromatic carbocycles. The number of benzene rings is 2. The van der Waals surface area contributed by atoms with Crippen LogP contribution in [0.4, 0.5) is 0 Å². The van der Waals surface area contributed by atoms with Crippen LogP contribution in [0.15, 0.2) is 36.4 Å². The van der Waals surface area contributed by atoms with Crippen LogP contribution in [0.1, 0.15) is 46.2 Å². The van der Waals surface area contributed by atoms with Gasteiger partial charge in [0.25, 0.3) is 0 Å². The van der Waals surface area contributed by atoms with Gasteiger partial charge in [-0.3, -0.25) is 9.80 Å². The lowest BCUT2D eigenvalue weighted by atomic mass is 10.1. The van der Waals surface area contributed by atoms with Crippen LogP contribution < -0.4 is 10.6 Å². The molecule has 1 fully saturated rings. The SMILES string of the molecule is Cc1cc(C)cc(CN2CCCNCCN(Cc3cc(C)cc(C)c3)CCCNCC2)c1. The number of nitrogens with zero attached hydrogens (tertiary/aromatic N) is 2. The van der Waals surface area contributed by atoms with E-state index in [0.29, 0.717) is 0 Å². The van der Waals surface area contributed by atoms with Crippen molar-refractivity contribution in [2.45, 2.75) is 53.6 Å². The second kappa shape index (κ2) is 13.1. The van der Waals surface area contributed by atoms with Crippen LogP contribution in [0.3, 0.4) is 0 Å². The molecule has 4 nitrogen and oxygen atoms in total. The maximum atomic E-state index is 3.70. The van der Waals surface area contributed by atoms with Gasteiger partial charge in [0.05, 0.1) is 0 Å². The van der Waals surface area contributed by atoms with Crippen molar-refractivity contribution in [2.24, 2.45) is 0 Å². The molecule has 0 bridgehead atoms. The molecule has 3 rings (SSSR count). The smallest absolute Gasteiger partial charge is 0.0234 e. The number of rotatable bonds is 4. The highest BCUT2D eigenvalue weighted by Gasteiger charge is 2.10. The summed E-state index contributed by atoms with van der Waals surface area (Å²) in [5, 5.41) is 7.39. The summed E-state index contributed by atoms with van der Waals surface area (Å²) in [6.45, 7) is 19.7. The van der Waals surface area contributed by atoms with Gasteiger partial charge in [-0.2, -0.15) is 0 Å². The fourth-order valence-corrected chi connectivity index (χ4v) is 4.96. The van der Waals surface area contributed by atoms with Crippen LogP contribution in [-0.4, -0.2) is 62.2 Å². The first-order valence-corrected chi connectivity index (χ1v) is 12.5. The molecule has 1 saturated heterocycles. The Morgan fingerprint density at radius 3 is 1.28 bits per heavy atom. The third-order valence-corrected chi connectivity index (χ3v) is 6.24. The van der Waals surface area contributed by atoms with Crippen LogP contribution in [0.5, 0.6) is 0 Å². The molecule has 0 atom stereocenters. The maximum absolute atomic E-state index is 3.70. The number of hydrogen-bond acceptors (Lipinski definition) is 4. The molecular weight excluding hydrogens is 392 g/mol. The van der Waals surface area contributed by atoms with Crippen molar-refractivity contribution >= 4 is 0 Å². The van der Waals surface area contributed by atoms with Crippen LogP contribution in [0, 0.1) is 27.7 Å². The lowest BCUT2D eigenvalue weighted by Gasteiger charge is -2.26. The molecule has 0 amide bonds. The van der Waals surface area contributed by atoms with E-state index in [9.17, 15) is 0 Å². The summed E-state index contributed by atoms with van der Waals surface area (Å²) in [4.78, 5) is 5.22. The normalized spacial score (nSPS) is 18.4. The van der Waals surface area contributed by atoms with Crippen molar-refractivity contribution in [2.75, 3.05) is 52.4 Å². The summed E-state index contributed by atoms with van der Waals surface area (Å²) in [7, 11) is 0. The minimum Gasteiger partial charge on any atom is -0.315 e. The van der Waals surface area contributed by atoms with Crippen molar-refractivity contribution in [1.29, 1.82) is 0 Å². The third-order valence-electron chi connectivity index (χ3n) is 6.24. The highest BCUT2D eigenvalue weighted by atomic mass is 15.2. The summed E-state index contributed by atoms with van der Waals surface area (Å²) in [5.74, 6) is 0. The number of aryl methyl sites for hydroxylation is 4. The average Bonchev–Trinajstić information content (AvgIpc) is 2.70. The standard InChI is InChI=1S/C28H44N4/c1-23-15-24(2)18-27(17-23)21-31-11-5-7-30-10-14-32(12-6-8-29-9-13-31)22-28-19-25(3)16-26(4)20-28/h15-20,29-30H,5-14,21-22H2,1-4H3. The second-order valence-corrected chi connectivity index (χ2v) is 9.75. The fourth-order valence-electron chi connectivity index (χ4n) is 4.96. The molecule has 1 heterocycles. The minimum atomic E-state index is 1.05. The quantitative estimate of drug-likeness (QED) is 0.752. The lowest BCUT2D eigenvalue weighted by molar-refractivity contribution is 0.241. The zero-order chi connectivity index (χ0) is 22.8. The molecule has 1 aliphatic heterocycles. The molecule has 4 heteroatoms. The Balaban J connectivity index is 1.50. The van der Waals surface area contributed by atoms with Gasteiger partial charge >= 0.3 is 0 Å². The van der Waals surface area contributed by atoms with Crippen LogP contribution in [0.2, 0.25) is 0 Å². The first-order chi connectivity index (χ1) is 15.5. The first-order valence-electron chi connectivity index (χ1n) is 12.5. The van der Waals surface area contributed by atoms with Crippen molar-refractivity contribution < 1.29 is 0 Å². The van der Waals surface area contributed by atoms with E-state index < -0.39 is 0 Å². The number of nitrogens with one attached hydrogen (secondary N) is 2. The van der Waals surface area contributed by atoms with Gasteiger partial charge in [-0.05, 0) is 77.8 Å². The van der Waals surface area contributed by atoms with Crippen molar-refractivity contribution in [3.8, 4) is 0 Å². The van der Waals surface area contributed by atoms with Gasteiger partial charge in [-0.1, -0.05) is 58.7 Å². The molecule has 0 saturated carbocycles. The van der Waals surface area contributed by atoms with Crippen LogP contribution in [-0.2, 0) is 13.1 Å². The van der Waals surface area contributed by atoms with Gasteiger partial charge in [-0.15, -0.1) is 0 Å². The van der Waals surface area contributed by atoms with Crippen molar-refractivity contribution in [3.63, 3.8) is 0 Å². The van der Waals surface area contributed by atoms with E-state index in [4.69, 9.17) is 0 Å². The van der Waals surface area contributed by atoms with Gasteiger partial charge in [0.1, 0.15) is 0 Å². The van der Waals surface area contributed by atoms with Crippen LogP contribution >= 0.6 is 0 Å². The van der Waals surface area contributed by atoms with Gasteiger partial charge in [0.2, 0.25) is 0 Å². The number of hydrogen-bond donors (Lipinski definition) is 2. The van der Waals surface area contributed by atoms with Gasteiger partial charge < -0.3 is 10.6 Å². The van der Waals surface area contributed by atoms with E-state index >= 15 is 0 Å². The Morgan fingerprint density at radius 2 is 0.906 bits per heavy atom. The Bertz CT molecular complexity index is 706. The zero-order valence-electron chi connectivity index (χ0n) is 20.8. The predicted octanol–water partition coefficient (Wildman–Crippen LogP) is 4.20. The summed E-state index contributed by atoms with van der Waals surface area (Å²) in [6, 6.07) is 13.9. The molecule has 0 radical (unpaired) electrons. The van der Waals surface area contributed by atoms with Gasteiger partial charge in [0, 0.05) is 39.3 Å². The zero-order valence-corrected chi connectivity index (χ0v) is 20.8. The maximum Gasteiger partial charge on any atom is 0.0234 e. The molecular formula is C28H44N4. The first kappa shape index (κ1) is 24.9. The third kappa shape index (κ3) is 9.03. The highest BCUT2D eigenvalue weighted by Crippen LogP contribution is 2.13. The summed E-state index contributed by atoms with van der Waals surface area (Å²) in [6.07, 6.45) is 2.39. The molecule has 1 aliphatic rings. The lowest BCUT2D eigenvalue weighted by Crippen LogP contribution is -2.38. The Kier molecular flexibility index (Phi) is 10.2. The van der Waals surface area contributed by atoms with E-state index in [-0.39, 0.29) is 0 Å². The van der Waals surface area contributed by atoms with E-state index in [1.54, 1.807) is 0 Å². The summed E-state index contributed by atoms with van der Waals surface area (Å²) < 4.78 is 0. The largest absolute Gasteiger partial charge is 0.315 e. The van der Waals surface area contributed by atoms with Gasteiger partial charge in [-0.25, -0.2) is 0 Å². The minimum absolute atomic E-state index is 1.05.